The molecule has 106 valence electrons. The van der Waals surface area contributed by atoms with E-state index in [1.807, 2.05) is 12.1 Å². The SMILES string of the molecule is CCCC1CCC(c2nc(-c3ccncc3)no2)CC1. The predicted octanol–water partition coefficient (Wildman–Crippen LogP) is 4.21. The Labute approximate surface area is 119 Å². The third-order valence-corrected chi connectivity index (χ3v) is 4.27. The van der Waals surface area contributed by atoms with Crippen LogP contribution in [0.25, 0.3) is 11.4 Å². The van der Waals surface area contributed by atoms with Crippen LogP contribution in [0.3, 0.4) is 0 Å². The summed E-state index contributed by atoms with van der Waals surface area (Å²) in [6, 6.07) is 3.82. The highest BCUT2D eigenvalue weighted by atomic mass is 16.5. The van der Waals surface area contributed by atoms with E-state index in [-0.39, 0.29) is 0 Å². The molecule has 1 fully saturated rings. The number of pyridine rings is 1. The van der Waals surface area contributed by atoms with Crippen molar-refractivity contribution in [1.82, 2.24) is 15.1 Å². The van der Waals surface area contributed by atoms with Crippen LogP contribution in [0.15, 0.2) is 29.0 Å². The van der Waals surface area contributed by atoms with Gasteiger partial charge in [0.05, 0.1) is 0 Å². The van der Waals surface area contributed by atoms with Gasteiger partial charge in [-0.1, -0.05) is 24.9 Å². The molecule has 0 spiro atoms. The lowest BCUT2D eigenvalue weighted by Gasteiger charge is -2.25. The van der Waals surface area contributed by atoms with Crippen molar-refractivity contribution in [2.24, 2.45) is 5.92 Å². The maximum Gasteiger partial charge on any atom is 0.230 e. The van der Waals surface area contributed by atoms with Gasteiger partial charge in [-0.25, -0.2) is 0 Å². The summed E-state index contributed by atoms with van der Waals surface area (Å²) in [5.74, 6) is 2.84. The Balaban J connectivity index is 1.66. The molecule has 1 saturated carbocycles. The summed E-state index contributed by atoms with van der Waals surface area (Å²) in [6.45, 7) is 2.27. The van der Waals surface area contributed by atoms with E-state index in [1.165, 1.54) is 38.5 Å². The van der Waals surface area contributed by atoms with Crippen molar-refractivity contribution in [3.8, 4) is 11.4 Å². The Hall–Kier alpha value is -1.71. The van der Waals surface area contributed by atoms with Crippen molar-refractivity contribution in [3.63, 3.8) is 0 Å². The quantitative estimate of drug-likeness (QED) is 0.836. The van der Waals surface area contributed by atoms with Gasteiger partial charge in [0, 0.05) is 23.9 Å². The van der Waals surface area contributed by atoms with Gasteiger partial charge in [0.2, 0.25) is 11.7 Å². The largest absolute Gasteiger partial charge is 0.339 e. The van der Waals surface area contributed by atoms with E-state index in [2.05, 4.69) is 22.0 Å². The second-order valence-electron chi connectivity index (χ2n) is 5.70. The van der Waals surface area contributed by atoms with Gasteiger partial charge in [0.15, 0.2) is 0 Å². The van der Waals surface area contributed by atoms with E-state index in [0.29, 0.717) is 11.7 Å². The second kappa shape index (κ2) is 6.16. The standard InChI is InChI=1S/C16H21N3O/c1-2-3-12-4-6-14(7-5-12)16-18-15(19-20-16)13-8-10-17-11-9-13/h8-12,14H,2-7H2,1H3. The van der Waals surface area contributed by atoms with Crippen LogP contribution in [0.4, 0.5) is 0 Å². The third kappa shape index (κ3) is 2.89. The molecule has 0 bridgehead atoms. The molecule has 2 aromatic rings. The topological polar surface area (TPSA) is 51.8 Å². The summed E-state index contributed by atoms with van der Waals surface area (Å²) in [5.41, 5.74) is 0.967. The summed E-state index contributed by atoms with van der Waals surface area (Å²) in [7, 11) is 0. The zero-order valence-corrected chi connectivity index (χ0v) is 12.0. The molecule has 4 nitrogen and oxygen atoms in total. The van der Waals surface area contributed by atoms with E-state index in [0.717, 1.165) is 17.4 Å². The fraction of sp³-hybridized carbons (Fsp3) is 0.562. The molecular formula is C16H21N3O. The number of aromatic nitrogens is 3. The molecule has 1 aliphatic rings. The minimum atomic E-state index is 0.450. The van der Waals surface area contributed by atoms with Crippen LogP contribution in [0.2, 0.25) is 0 Å². The van der Waals surface area contributed by atoms with Gasteiger partial charge in [-0.15, -0.1) is 0 Å². The normalized spacial score (nSPS) is 22.9. The van der Waals surface area contributed by atoms with Gasteiger partial charge in [-0.05, 0) is 43.7 Å². The van der Waals surface area contributed by atoms with Crippen LogP contribution in [0, 0.1) is 5.92 Å². The fourth-order valence-electron chi connectivity index (χ4n) is 3.13. The zero-order chi connectivity index (χ0) is 13.8. The Kier molecular flexibility index (Phi) is 4.09. The predicted molar refractivity (Wildman–Crippen MR) is 77.1 cm³/mol. The number of nitrogens with zero attached hydrogens (tertiary/aromatic N) is 3. The Morgan fingerprint density at radius 1 is 1.15 bits per heavy atom. The molecule has 2 heterocycles. The van der Waals surface area contributed by atoms with Crippen molar-refractivity contribution in [3.05, 3.63) is 30.4 Å². The van der Waals surface area contributed by atoms with Gasteiger partial charge in [0.1, 0.15) is 0 Å². The molecule has 3 rings (SSSR count). The highest BCUT2D eigenvalue weighted by Crippen LogP contribution is 2.37. The first-order chi connectivity index (χ1) is 9.86. The molecule has 0 amide bonds. The van der Waals surface area contributed by atoms with Crippen LogP contribution >= 0.6 is 0 Å². The van der Waals surface area contributed by atoms with Crippen LogP contribution in [-0.2, 0) is 0 Å². The zero-order valence-electron chi connectivity index (χ0n) is 12.0. The Morgan fingerprint density at radius 3 is 2.60 bits per heavy atom. The summed E-state index contributed by atoms with van der Waals surface area (Å²) >= 11 is 0. The van der Waals surface area contributed by atoms with Crippen molar-refractivity contribution < 1.29 is 4.52 Å². The lowest BCUT2D eigenvalue weighted by Crippen LogP contribution is -2.13. The van der Waals surface area contributed by atoms with Crippen LogP contribution in [-0.4, -0.2) is 15.1 Å². The van der Waals surface area contributed by atoms with E-state index in [1.54, 1.807) is 12.4 Å². The minimum Gasteiger partial charge on any atom is -0.339 e. The summed E-state index contributed by atoms with van der Waals surface area (Å²) in [6.07, 6.45) is 11.1. The minimum absolute atomic E-state index is 0.450. The van der Waals surface area contributed by atoms with Crippen molar-refractivity contribution in [1.29, 1.82) is 0 Å². The second-order valence-corrected chi connectivity index (χ2v) is 5.70. The highest BCUT2D eigenvalue weighted by molar-refractivity contribution is 5.52. The van der Waals surface area contributed by atoms with Crippen molar-refractivity contribution in [2.45, 2.75) is 51.4 Å². The maximum atomic E-state index is 5.47. The lowest BCUT2D eigenvalue weighted by molar-refractivity contribution is 0.262. The Bertz CT molecular complexity index is 530. The molecule has 0 aliphatic heterocycles. The molecule has 0 unspecified atom stereocenters. The highest BCUT2D eigenvalue weighted by Gasteiger charge is 2.26. The van der Waals surface area contributed by atoms with Crippen LogP contribution < -0.4 is 0 Å². The smallest absolute Gasteiger partial charge is 0.230 e. The molecule has 2 aromatic heterocycles. The first-order valence-corrected chi connectivity index (χ1v) is 7.60. The monoisotopic (exact) mass is 271 g/mol. The van der Waals surface area contributed by atoms with Gasteiger partial charge >= 0.3 is 0 Å². The number of hydrogen-bond acceptors (Lipinski definition) is 4. The number of rotatable bonds is 4. The molecule has 0 atom stereocenters. The number of hydrogen-bond donors (Lipinski definition) is 0. The molecule has 1 aliphatic carbocycles. The molecule has 4 heteroatoms. The van der Waals surface area contributed by atoms with Crippen molar-refractivity contribution >= 4 is 0 Å². The summed E-state index contributed by atoms with van der Waals surface area (Å²) < 4.78 is 5.47. The molecule has 0 saturated heterocycles. The molecule has 0 aromatic carbocycles. The maximum absolute atomic E-state index is 5.47. The van der Waals surface area contributed by atoms with Crippen LogP contribution in [0.5, 0.6) is 0 Å². The summed E-state index contributed by atoms with van der Waals surface area (Å²) in [4.78, 5) is 8.58. The lowest BCUT2D eigenvalue weighted by atomic mass is 9.80. The third-order valence-electron chi connectivity index (χ3n) is 4.27. The molecule has 20 heavy (non-hydrogen) atoms. The molecular weight excluding hydrogens is 250 g/mol. The Morgan fingerprint density at radius 2 is 1.90 bits per heavy atom. The first-order valence-electron chi connectivity index (χ1n) is 7.60. The van der Waals surface area contributed by atoms with E-state index in [9.17, 15) is 0 Å². The average molecular weight is 271 g/mol. The molecule has 0 N–H and O–H groups in total. The van der Waals surface area contributed by atoms with Gasteiger partial charge < -0.3 is 4.52 Å². The van der Waals surface area contributed by atoms with E-state index in [4.69, 9.17) is 4.52 Å². The summed E-state index contributed by atoms with van der Waals surface area (Å²) in [5, 5.41) is 4.10. The van der Waals surface area contributed by atoms with E-state index >= 15 is 0 Å². The van der Waals surface area contributed by atoms with Gasteiger partial charge in [-0.2, -0.15) is 4.98 Å². The first kappa shape index (κ1) is 13.3. The fourth-order valence-corrected chi connectivity index (χ4v) is 3.13. The van der Waals surface area contributed by atoms with Gasteiger partial charge in [0.25, 0.3) is 0 Å². The average Bonchev–Trinajstić information content (AvgIpc) is 2.99. The van der Waals surface area contributed by atoms with Crippen LogP contribution in [0.1, 0.15) is 57.3 Å². The van der Waals surface area contributed by atoms with Gasteiger partial charge in [-0.3, -0.25) is 4.98 Å². The van der Waals surface area contributed by atoms with Crippen molar-refractivity contribution in [2.75, 3.05) is 0 Å². The van der Waals surface area contributed by atoms with E-state index < -0.39 is 0 Å². The molecule has 0 radical (unpaired) electrons.